The molecule has 0 radical (unpaired) electrons. The highest BCUT2D eigenvalue weighted by atomic mass is 16.5. The molecule has 0 saturated heterocycles. The summed E-state index contributed by atoms with van der Waals surface area (Å²) in [5.41, 5.74) is 5.53. The van der Waals surface area contributed by atoms with E-state index < -0.39 is 0 Å². The normalized spacial score (nSPS) is 11.3. The van der Waals surface area contributed by atoms with Crippen molar-refractivity contribution in [1.82, 2.24) is 4.90 Å². The largest absolute Gasteiger partial charge is 0.463 e. The van der Waals surface area contributed by atoms with Gasteiger partial charge < -0.3 is 19.6 Å². The summed E-state index contributed by atoms with van der Waals surface area (Å²) in [5.74, 6) is 1.78. The third kappa shape index (κ3) is 5.64. The van der Waals surface area contributed by atoms with Crippen LogP contribution < -0.4 is 5.73 Å². The second kappa shape index (κ2) is 9.10. The highest BCUT2D eigenvalue weighted by molar-refractivity contribution is 5.06. The van der Waals surface area contributed by atoms with Crippen LogP contribution >= 0.6 is 0 Å². The Morgan fingerprint density at radius 2 is 1.83 bits per heavy atom. The molecule has 5 nitrogen and oxygen atoms in total. The van der Waals surface area contributed by atoms with E-state index in [4.69, 9.17) is 19.6 Å². The first kappa shape index (κ1) is 15.2. The van der Waals surface area contributed by atoms with Crippen molar-refractivity contribution in [2.45, 2.75) is 19.5 Å². The molecule has 0 aromatic carbocycles. The fourth-order valence-corrected chi connectivity index (χ4v) is 1.76. The maximum absolute atomic E-state index is 5.61. The first-order valence-corrected chi connectivity index (χ1v) is 6.28. The van der Waals surface area contributed by atoms with Crippen LogP contribution in [0.4, 0.5) is 0 Å². The Kier molecular flexibility index (Phi) is 7.68. The summed E-state index contributed by atoms with van der Waals surface area (Å²) in [6.45, 7) is 4.58. The summed E-state index contributed by atoms with van der Waals surface area (Å²) in [7, 11) is 3.44. The lowest BCUT2D eigenvalue weighted by Crippen LogP contribution is -2.28. The quantitative estimate of drug-likeness (QED) is 0.638. The summed E-state index contributed by atoms with van der Waals surface area (Å²) in [4.78, 5) is 2.29. The molecule has 0 atom stereocenters. The number of hydrogen-bond acceptors (Lipinski definition) is 5. The van der Waals surface area contributed by atoms with Gasteiger partial charge >= 0.3 is 0 Å². The Balaban J connectivity index is 2.42. The van der Waals surface area contributed by atoms with Gasteiger partial charge in [-0.3, -0.25) is 4.90 Å². The minimum absolute atomic E-state index is 0.446. The SMILES string of the molecule is COCCCN(CCOC)Cc1ccc(CN)o1. The van der Waals surface area contributed by atoms with Gasteiger partial charge in [-0.1, -0.05) is 0 Å². The lowest BCUT2D eigenvalue weighted by Gasteiger charge is -2.20. The van der Waals surface area contributed by atoms with E-state index in [0.29, 0.717) is 6.54 Å². The maximum Gasteiger partial charge on any atom is 0.118 e. The zero-order valence-electron chi connectivity index (χ0n) is 11.4. The third-order valence-electron chi connectivity index (χ3n) is 2.73. The van der Waals surface area contributed by atoms with E-state index >= 15 is 0 Å². The molecule has 0 unspecified atom stereocenters. The van der Waals surface area contributed by atoms with E-state index in [2.05, 4.69) is 4.90 Å². The van der Waals surface area contributed by atoms with Gasteiger partial charge in [0.1, 0.15) is 11.5 Å². The summed E-state index contributed by atoms with van der Waals surface area (Å²) in [6.07, 6.45) is 1.00. The van der Waals surface area contributed by atoms with Crippen LogP contribution in [0.3, 0.4) is 0 Å². The molecule has 0 aliphatic rings. The molecule has 1 rings (SSSR count). The van der Waals surface area contributed by atoms with Gasteiger partial charge in [-0.2, -0.15) is 0 Å². The van der Waals surface area contributed by atoms with Crippen molar-refractivity contribution in [3.05, 3.63) is 23.7 Å². The number of hydrogen-bond donors (Lipinski definition) is 1. The molecule has 0 saturated carbocycles. The van der Waals surface area contributed by atoms with E-state index in [-0.39, 0.29) is 0 Å². The van der Waals surface area contributed by atoms with Crippen LogP contribution in [0.5, 0.6) is 0 Å². The summed E-state index contributed by atoms with van der Waals surface area (Å²) < 4.78 is 15.8. The average molecular weight is 256 g/mol. The van der Waals surface area contributed by atoms with Crippen LogP contribution in [0, 0.1) is 0 Å². The monoisotopic (exact) mass is 256 g/mol. The van der Waals surface area contributed by atoms with Crippen LogP contribution in [0.2, 0.25) is 0 Å². The van der Waals surface area contributed by atoms with Crippen LogP contribution in [-0.4, -0.2) is 45.4 Å². The van der Waals surface area contributed by atoms with E-state index in [1.807, 2.05) is 12.1 Å². The van der Waals surface area contributed by atoms with Crippen LogP contribution in [0.15, 0.2) is 16.5 Å². The zero-order valence-corrected chi connectivity index (χ0v) is 11.4. The predicted octanol–water partition coefficient (Wildman–Crippen LogP) is 1.22. The van der Waals surface area contributed by atoms with Crippen LogP contribution in [0.25, 0.3) is 0 Å². The highest BCUT2D eigenvalue weighted by Gasteiger charge is 2.08. The van der Waals surface area contributed by atoms with Crippen molar-refractivity contribution >= 4 is 0 Å². The Morgan fingerprint density at radius 1 is 1.11 bits per heavy atom. The number of ether oxygens (including phenoxy) is 2. The second-order valence-electron chi connectivity index (χ2n) is 4.19. The molecular formula is C13H24N2O3. The summed E-state index contributed by atoms with van der Waals surface area (Å²) >= 11 is 0. The van der Waals surface area contributed by atoms with Crippen molar-refractivity contribution in [2.75, 3.05) is 40.5 Å². The number of nitrogens with zero attached hydrogens (tertiary/aromatic N) is 1. The molecule has 0 fully saturated rings. The van der Waals surface area contributed by atoms with E-state index in [1.54, 1.807) is 14.2 Å². The average Bonchev–Trinajstić information content (AvgIpc) is 2.83. The molecule has 0 aliphatic heterocycles. The first-order valence-electron chi connectivity index (χ1n) is 6.28. The fraction of sp³-hybridized carbons (Fsp3) is 0.692. The molecular weight excluding hydrogens is 232 g/mol. The molecule has 0 bridgehead atoms. The number of nitrogens with two attached hydrogens (primary N) is 1. The van der Waals surface area contributed by atoms with Crippen molar-refractivity contribution in [3.63, 3.8) is 0 Å². The molecule has 2 N–H and O–H groups in total. The Bertz CT molecular complexity index is 315. The molecule has 0 amide bonds. The standard InChI is InChI=1S/C13H24N2O3/c1-16-8-3-6-15(7-9-17-2)11-13-5-4-12(10-14)18-13/h4-5H,3,6-11,14H2,1-2H3. The highest BCUT2D eigenvalue weighted by Crippen LogP contribution is 2.10. The molecule has 1 heterocycles. The fourth-order valence-electron chi connectivity index (χ4n) is 1.76. The van der Waals surface area contributed by atoms with Crippen molar-refractivity contribution in [2.24, 2.45) is 5.73 Å². The molecule has 104 valence electrons. The van der Waals surface area contributed by atoms with Crippen molar-refractivity contribution < 1.29 is 13.9 Å². The van der Waals surface area contributed by atoms with E-state index in [9.17, 15) is 0 Å². The smallest absolute Gasteiger partial charge is 0.118 e. The van der Waals surface area contributed by atoms with Gasteiger partial charge in [-0.25, -0.2) is 0 Å². The topological polar surface area (TPSA) is 60.9 Å². The van der Waals surface area contributed by atoms with Crippen molar-refractivity contribution in [1.29, 1.82) is 0 Å². The maximum atomic E-state index is 5.61. The molecule has 1 aromatic heterocycles. The lowest BCUT2D eigenvalue weighted by molar-refractivity contribution is 0.124. The molecule has 0 spiro atoms. The molecule has 1 aromatic rings. The van der Waals surface area contributed by atoms with Gasteiger partial charge in [0, 0.05) is 33.9 Å². The molecule has 0 aliphatic carbocycles. The zero-order chi connectivity index (χ0) is 13.2. The number of rotatable bonds is 10. The number of furan rings is 1. The summed E-state index contributed by atoms with van der Waals surface area (Å²) in [6, 6.07) is 3.91. The minimum atomic E-state index is 0.446. The van der Waals surface area contributed by atoms with Crippen LogP contribution in [-0.2, 0) is 22.6 Å². The second-order valence-corrected chi connectivity index (χ2v) is 4.19. The van der Waals surface area contributed by atoms with E-state index in [1.165, 1.54) is 0 Å². The van der Waals surface area contributed by atoms with Gasteiger partial charge in [0.25, 0.3) is 0 Å². The van der Waals surface area contributed by atoms with Crippen molar-refractivity contribution in [3.8, 4) is 0 Å². The minimum Gasteiger partial charge on any atom is -0.463 e. The first-order chi connectivity index (χ1) is 8.80. The van der Waals surface area contributed by atoms with Gasteiger partial charge in [0.15, 0.2) is 0 Å². The summed E-state index contributed by atoms with van der Waals surface area (Å²) in [5, 5.41) is 0. The third-order valence-corrected chi connectivity index (χ3v) is 2.73. The Labute approximate surface area is 109 Å². The Hall–Kier alpha value is -0.880. The number of methoxy groups -OCH3 is 2. The van der Waals surface area contributed by atoms with E-state index in [0.717, 1.165) is 50.8 Å². The van der Waals surface area contributed by atoms with Gasteiger partial charge in [-0.05, 0) is 18.6 Å². The predicted molar refractivity (Wildman–Crippen MR) is 70.2 cm³/mol. The van der Waals surface area contributed by atoms with Gasteiger partial charge in [-0.15, -0.1) is 0 Å². The lowest BCUT2D eigenvalue weighted by atomic mass is 10.3. The Morgan fingerprint density at radius 3 is 2.44 bits per heavy atom. The van der Waals surface area contributed by atoms with Gasteiger partial charge in [0.2, 0.25) is 0 Å². The molecule has 5 heteroatoms. The molecule has 18 heavy (non-hydrogen) atoms. The van der Waals surface area contributed by atoms with Crippen LogP contribution in [0.1, 0.15) is 17.9 Å². The van der Waals surface area contributed by atoms with Gasteiger partial charge in [0.05, 0.1) is 19.7 Å².